The van der Waals surface area contributed by atoms with E-state index < -0.39 is 6.29 Å². The topological polar surface area (TPSA) is 120 Å². The smallest absolute Gasteiger partial charge is 0.243 e. The minimum atomic E-state index is -0.571. The van der Waals surface area contributed by atoms with E-state index in [2.05, 4.69) is 58.7 Å². The van der Waals surface area contributed by atoms with Crippen molar-refractivity contribution in [1.29, 1.82) is 0 Å². The second-order valence-electron chi connectivity index (χ2n) is 13.0. The zero-order chi connectivity index (χ0) is 35.0. The van der Waals surface area contributed by atoms with Gasteiger partial charge in [0.05, 0.1) is 18.8 Å². The number of hydrogen-bond donors (Lipinski definition) is 4. The number of aliphatic hydroxyl groups excluding tert-OH is 1. The lowest BCUT2D eigenvalue weighted by molar-refractivity contribution is -0.253. The van der Waals surface area contributed by atoms with Gasteiger partial charge in [0.2, 0.25) is 11.8 Å². The van der Waals surface area contributed by atoms with Crippen molar-refractivity contribution >= 4 is 11.8 Å². The van der Waals surface area contributed by atoms with Gasteiger partial charge in [-0.1, -0.05) is 122 Å². The Balaban J connectivity index is 1.22. The number of amides is 2. The molecule has 4 aromatic carbocycles. The first-order chi connectivity index (χ1) is 24.5. The Kier molecular flexibility index (Phi) is 14.5. The third kappa shape index (κ3) is 11.9. The normalized spacial score (nSPS) is 17.4. The van der Waals surface area contributed by atoms with E-state index in [1.54, 1.807) is 5.48 Å². The molecule has 4 aromatic rings. The van der Waals surface area contributed by atoms with Gasteiger partial charge in [-0.15, -0.1) is 0 Å². The van der Waals surface area contributed by atoms with Crippen molar-refractivity contribution < 1.29 is 29.4 Å². The molecule has 50 heavy (non-hydrogen) atoms. The van der Waals surface area contributed by atoms with Gasteiger partial charge in [-0.25, -0.2) is 5.48 Å². The highest BCUT2D eigenvalue weighted by Gasteiger charge is 2.33. The highest BCUT2D eigenvalue weighted by molar-refractivity contribution is 5.75. The first-order valence-corrected chi connectivity index (χ1v) is 17.6. The van der Waals surface area contributed by atoms with Crippen LogP contribution in [0.15, 0.2) is 109 Å². The molecule has 0 radical (unpaired) electrons. The van der Waals surface area contributed by atoms with Gasteiger partial charge in [0.25, 0.3) is 0 Å². The number of nitrogens with zero attached hydrogens (tertiary/aromatic N) is 1. The maximum Gasteiger partial charge on any atom is 0.243 e. The van der Waals surface area contributed by atoms with E-state index in [1.807, 2.05) is 60.7 Å². The molecule has 0 aliphatic carbocycles. The summed E-state index contributed by atoms with van der Waals surface area (Å²) in [5.41, 5.74) is 7.93. The van der Waals surface area contributed by atoms with Crippen LogP contribution in [0.3, 0.4) is 0 Å². The van der Waals surface area contributed by atoms with Crippen molar-refractivity contribution in [2.45, 2.75) is 89.7 Å². The summed E-state index contributed by atoms with van der Waals surface area (Å²) < 4.78 is 13.3. The van der Waals surface area contributed by atoms with Crippen LogP contribution >= 0.6 is 0 Å². The molecule has 0 saturated carbocycles. The van der Waals surface area contributed by atoms with Crippen LogP contribution in [0.25, 0.3) is 0 Å². The van der Waals surface area contributed by atoms with Gasteiger partial charge in [-0.2, -0.15) is 0 Å². The molecule has 0 spiro atoms. The number of unbranched alkanes of at least 4 members (excludes halogenated alkanes) is 3. The van der Waals surface area contributed by atoms with Gasteiger partial charge in [0.1, 0.15) is 0 Å². The average molecular weight is 680 g/mol. The molecule has 1 fully saturated rings. The molecule has 3 atom stereocenters. The quantitative estimate of drug-likeness (QED) is 0.0514. The second-order valence-corrected chi connectivity index (χ2v) is 13.0. The van der Waals surface area contributed by atoms with Crippen molar-refractivity contribution in [1.82, 2.24) is 15.7 Å². The third-order valence-corrected chi connectivity index (χ3v) is 9.00. The van der Waals surface area contributed by atoms with E-state index in [1.165, 1.54) is 11.1 Å². The number of carbonyl (C=O) groups excluding carboxylic acids is 2. The van der Waals surface area contributed by atoms with E-state index in [0.717, 1.165) is 61.2 Å². The van der Waals surface area contributed by atoms with Crippen LogP contribution in [-0.4, -0.2) is 39.7 Å². The predicted octanol–water partition coefficient (Wildman–Crippen LogP) is 6.89. The van der Waals surface area contributed by atoms with Gasteiger partial charge in [-0.05, 0) is 40.7 Å². The van der Waals surface area contributed by atoms with Gasteiger partial charge in [0, 0.05) is 51.0 Å². The Morgan fingerprint density at radius 3 is 1.80 bits per heavy atom. The summed E-state index contributed by atoms with van der Waals surface area (Å²) >= 11 is 0. The molecule has 264 valence electrons. The Hall–Kier alpha value is -4.38. The fraction of sp³-hybridized carbons (Fsp3) is 0.366. The third-order valence-electron chi connectivity index (χ3n) is 9.00. The summed E-state index contributed by atoms with van der Waals surface area (Å²) in [5.74, 6) is -0.387. The van der Waals surface area contributed by atoms with E-state index in [9.17, 15) is 14.7 Å². The minimum absolute atomic E-state index is 0.00501. The minimum Gasteiger partial charge on any atom is -0.392 e. The molecular formula is C41H49N3O6. The van der Waals surface area contributed by atoms with E-state index in [-0.39, 0.29) is 37.0 Å². The first-order valence-electron chi connectivity index (χ1n) is 17.6. The average Bonchev–Trinajstić information content (AvgIpc) is 3.16. The number of nitrogens with one attached hydrogen (secondary N) is 2. The highest BCUT2D eigenvalue weighted by atomic mass is 16.7. The van der Waals surface area contributed by atoms with Crippen LogP contribution in [0.2, 0.25) is 0 Å². The molecule has 1 aliphatic heterocycles. The molecule has 3 unspecified atom stereocenters. The fourth-order valence-corrected chi connectivity index (χ4v) is 6.25. The van der Waals surface area contributed by atoms with Crippen molar-refractivity contribution in [2.24, 2.45) is 0 Å². The maximum atomic E-state index is 12.4. The van der Waals surface area contributed by atoms with Crippen LogP contribution < -0.4 is 10.8 Å². The summed E-state index contributed by atoms with van der Waals surface area (Å²) in [7, 11) is 0. The Labute approximate surface area is 295 Å². The van der Waals surface area contributed by atoms with Crippen molar-refractivity contribution in [2.75, 3.05) is 6.54 Å². The Morgan fingerprint density at radius 1 is 0.660 bits per heavy atom. The molecule has 1 saturated heterocycles. The molecule has 9 nitrogen and oxygen atoms in total. The molecule has 1 aliphatic rings. The van der Waals surface area contributed by atoms with Crippen molar-refractivity contribution in [3.05, 3.63) is 143 Å². The van der Waals surface area contributed by atoms with Gasteiger partial charge in [-0.3, -0.25) is 19.7 Å². The molecule has 5 rings (SSSR count). The molecular weight excluding hydrogens is 630 g/mol. The highest BCUT2D eigenvalue weighted by Crippen LogP contribution is 2.38. The summed E-state index contributed by atoms with van der Waals surface area (Å²) in [6.45, 7) is 2.73. The van der Waals surface area contributed by atoms with Gasteiger partial charge >= 0.3 is 0 Å². The fourth-order valence-electron chi connectivity index (χ4n) is 6.25. The van der Waals surface area contributed by atoms with Gasteiger partial charge < -0.3 is 19.9 Å². The number of ether oxygens (including phenoxy) is 2. The first kappa shape index (κ1) is 36.9. The summed E-state index contributed by atoms with van der Waals surface area (Å²) in [5, 5.41) is 21.2. The van der Waals surface area contributed by atoms with Crippen LogP contribution in [0.1, 0.15) is 90.7 Å². The van der Waals surface area contributed by atoms with E-state index >= 15 is 0 Å². The van der Waals surface area contributed by atoms with Crippen molar-refractivity contribution in [3.8, 4) is 0 Å². The molecule has 4 N–H and O–H groups in total. The lowest BCUT2D eigenvalue weighted by Gasteiger charge is -2.38. The van der Waals surface area contributed by atoms with E-state index in [0.29, 0.717) is 25.8 Å². The lowest BCUT2D eigenvalue weighted by atomic mass is 9.99. The van der Waals surface area contributed by atoms with Crippen LogP contribution in [0, 0.1) is 0 Å². The zero-order valence-corrected chi connectivity index (χ0v) is 28.6. The number of benzene rings is 4. The summed E-state index contributed by atoms with van der Waals surface area (Å²) in [4.78, 5) is 25.9. The Bertz CT molecular complexity index is 1540. The van der Waals surface area contributed by atoms with Gasteiger partial charge in [0.15, 0.2) is 6.29 Å². The zero-order valence-electron chi connectivity index (χ0n) is 28.6. The number of carbonyl (C=O) groups is 2. The van der Waals surface area contributed by atoms with Crippen molar-refractivity contribution in [3.63, 3.8) is 0 Å². The van der Waals surface area contributed by atoms with Crippen LogP contribution in [-0.2, 0) is 45.3 Å². The molecule has 9 heteroatoms. The number of hydrogen-bond acceptors (Lipinski definition) is 7. The standard InChI is InChI=1S/C41H49N3O6/c45-30-34-19-21-35(22-20-34)38-25-37(29-44(27-32-11-5-3-6-12-32)28-33-13-7-4-8-14-33)49-41(50-38)36-23-17-31(18-24-36)26-42-39(46)15-9-1-2-10-16-40(47)43-48/h3-8,11-14,17-24,37-38,41,45,48H,1-2,9-10,15-16,25-30H2,(H,42,46)(H,43,47). The largest absolute Gasteiger partial charge is 0.392 e. The summed E-state index contributed by atoms with van der Waals surface area (Å²) in [6, 6.07) is 37.0. The molecule has 2 amide bonds. The Morgan fingerprint density at radius 2 is 1.22 bits per heavy atom. The molecule has 1 heterocycles. The number of rotatable bonds is 18. The summed E-state index contributed by atoms with van der Waals surface area (Å²) in [6.07, 6.45) is 3.68. The monoisotopic (exact) mass is 679 g/mol. The SMILES string of the molecule is O=C(CCCCCCC(=O)NCc1ccc(C2OC(CN(Cc3ccccc3)Cc3ccccc3)CC(c3ccc(CO)cc3)O2)cc1)NO. The maximum absolute atomic E-state index is 12.4. The van der Waals surface area contributed by atoms with Crippen LogP contribution in [0.4, 0.5) is 0 Å². The molecule has 0 aromatic heterocycles. The number of aliphatic hydroxyl groups is 1. The predicted molar refractivity (Wildman–Crippen MR) is 191 cm³/mol. The lowest BCUT2D eigenvalue weighted by Crippen LogP contribution is -2.39. The van der Waals surface area contributed by atoms with Crippen LogP contribution in [0.5, 0.6) is 0 Å². The second kappa shape index (κ2) is 19.7. The number of hydroxylamine groups is 1. The molecule has 0 bridgehead atoms. The van der Waals surface area contributed by atoms with E-state index in [4.69, 9.17) is 14.7 Å².